The molecule has 0 spiro atoms. The second-order valence-corrected chi connectivity index (χ2v) is 5.35. The van der Waals surface area contributed by atoms with Crippen LogP contribution in [0.25, 0.3) is 0 Å². The van der Waals surface area contributed by atoms with Crippen LogP contribution in [0.4, 0.5) is 0 Å². The molecule has 0 aromatic heterocycles. The summed E-state index contributed by atoms with van der Waals surface area (Å²) in [4.78, 5) is 11.8. The van der Waals surface area contributed by atoms with Crippen molar-refractivity contribution in [3.05, 3.63) is 71.3 Å². The molecule has 0 amide bonds. The summed E-state index contributed by atoms with van der Waals surface area (Å²) in [6.07, 6.45) is 0.925. The first-order chi connectivity index (χ1) is 8.34. The van der Waals surface area contributed by atoms with E-state index in [-0.39, 0.29) is 10.4 Å². The van der Waals surface area contributed by atoms with Gasteiger partial charge < -0.3 is 0 Å². The fourth-order valence-electron chi connectivity index (χ4n) is 2.20. The van der Waals surface area contributed by atoms with Gasteiger partial charge in [0.15, 0.2) is 0 Å². The Bertz CT molecular complexity index is 548. The number of carbonyl (C=O) groups is 1. The average molecular weight is 240 g/mol. The fourth-order valence-corrected chi connectivity index (χ4v) is 3.38. The Morgan fingerprint density at radius 1 is 0.941 bits per heavy atom. The van der Waals surface area contributed by atoms with Crippen LogP contribution in [0, 0.1) is 0 Å². The zero-order valence-electron chi connectivity index (χ0n) is 9.30. The first kappa shape index (κ1) is 10.6. The van der Waals surface area contributed by atoms with Crippen LogP contribution in [-0.2, 0) is 6.42 Å². The van der Waals surface area contributed by atoms with Crippen molar-refractivity contribution >= 4 is 16.9 Å². The van der Waals surface area contributed by atoms with Crippen molar-refractivity contribution in [3.63, 3.8) is 0 Å². The summed E-state index contributed by atoms with van der Waals surface area (Å²) in [6.45, 7) is 0. The summed E-state index contributed by atoms with van der Waals surface area (Å²) in [7, 11) is 0. The monoisotopic (exact) mass is 240 g/mol. The number of benzene rings is 2. The summed E-state index contributed by atoms with van der Waals surface area (Å²) in [5, 5.41) is 0.489. The van der Waals surface area contributed by atoms with Crippen LogP contribution >= 0.6 is 11.8 Å². The molecule has 0 aliphatic carbocycles. The van der Waals surface area contributed by atoms with E-state index in [2.05, 4.69) is 18.2 Å². The second-order valence-electron chi connectivity index (χ2n) is 4.17. The predicted molar refractivity (Wildman–Crippen MR) is 71.3 cm³/mol. The van der Waals surface area contributed by atoms with Gasteiger partial charge in [-0.05, 0) is 17.5 Å². The Morgan fingerprint density at radius 2 is 1.65 bits per heavy atom. The number of hydrogen-bond acceptors (Lipinski definition) is 2. The highest BCUT2D eigenvalue weighted by atomic mass is 32.2. The first-order valence-electron chi connectivity index (χ1n) is 5.68. The maximum absolute atomic E-state index is 11.8. The molecule has 1 unspecified atom stereocenters. The van der Waals surface area contributed by atoms with E-state index in [0.29, 0.717) is 0 Å². The van der Waals surface area contributed by atoms with Crippen LogP contribution in [-0.4, -0.2) is 5.12 Å². The molecule has 0 saturated heterocycles. The lowest BCUT2D eigenvalue weighted by molar-refractivity contribution is 0.109. The zero-order chi connectivity index (χ0) is 11.7. The summed E-state index contributed by atoms with van der Waals surface area (Å²) in [6, 6.07) is 18.3. The van der Waals surface area contributed by atoms with Gasteiger partial charge in [0.25, 0.3) is 0 Å². The zero-order valence-corrected chi connectivity index (χ0v) is 10.1. The summed E-state index contributed by atoms with van der Waals surface area (Å²) >= 11 is 1.45. The number of thioether (sulfide) groups is 1. The highest BCUT2D eigenvalue weighted by Gasteiger charge is 2.29. The van der Waals surface area contributed by atoms with Crippen molar-refractivity contribution in [1.82, 2.24) is 0 Å². The van der Waals surface area contributed by atoms with E-state index in [4.69, 9.17) is 0 Å². The molecule has 1 atom stereocenters. The van der Waals surface area contributed by atoms with Gasteiger partial charge in [0.2, 0.25) is 5.12 Å². The maximum atomic E-state index is 11.8. The van der Waals surface area contributed by atoms with E-state index >= 15 is 0 Å². The van der Waals surface area contributed by atoms with Crippen molar-refractivity contribution in [2.45, 2.75) is 11.7 Å². The summed E-state index contributed by atoms with van der Waals surface area (Å²) in [5.74, 6) is 0. The minimum atomic E-state index is 0.210. The van der Waals surface area contributed by atoms with Gasteiger partial charge in [-0.3, -0.25) is 4.79 Å². The molecule has 0 bridgehead atoms. The van der Waals surface area contributed by atoms with E-state index in [1.165, 1.54) is 22.9 Å². The van der Waals surface area contributed by atoms with Gasteiger partial charge >= 0.3 is 0 Å². The smallest absolute Gasteiger partial charge is 0.220 e. The Hall–Kier alpha value is -1.54. The molecule has 1 heterocycles. The third-order valence-electron chi connectivity index (χ3n) is 3.04. The van der Waals surface area contributed by atoms with Gasteiger partial charge in [0.05, 0.1) is 0 Å². The molecule has 2 heteroatoms. The van der Waals surface area contributed by atoms with E-state index in [0.717, 1.165) is 12.0 Å². The van der Waals surface area contributed by atoms with Crippen LogP contribution in [0.3, 0.4) is 0 Å². The van der Waals surface area contributed by atoms with Gasteiger partial charge in [-0.2, -0.15) is 0 Å². The molecule has 17 heavy (non-hydrogen) atoms. The molecule has 0 fully saturated rings. The SMILES string of the molecule is O=C1SC(Cc2ccccc2)c2ccccc21. The Balaban J connectivity index is 1.90. The third-order valence-corrected chi connectivity index (χ3v) is 4.18. The minimum Gasteiger partial charge on any atom is -0.282 e. The number of carbonyl (C=O) groups excluding carboxylic acids is 1. The van der Waals surface area contributed by atoms with Crippen LogP contribution in [0.2, 0.25) is 0 Å². The normalized spacial score (nSPS) is 18.1. The quantitative estimate of drug-likeness (QED) is 0.793. The molecule has 84 valence electrons. The Morgan fingerprint density at radius 3 is 2.47 bits per heavy atom. The predicted octanol–water partition coefficient (Wildman–Crippen LogP) is 3.86. The lowest BCUT2D eigenvalue weighted by atomic mass is 10.0. The maximum Gasteiger partial charge on any atom is 0.220 e. The molecular weight excluding hydrogens is 228 g/mol. The molecule has 0 N–H and O–H groups in total. The number of fused-ring (bicyclic) bond motifs is 1. The standard InChI is InChI=1S/C15H12OS/c16-15-13-9-5-4-8-12(13)14(17-15)10-11-6-2-1-3-7-11/h1-9,14H,10H2. The third kappa shape index (κ3) is 2.01. The van der Waals surface area contributed by atoms with Gasteiger partial charge in [-0.25, -0.2) is 0 Å². The first-order valence-corrected chi connectivity index (χ1v) is 6.56. The highest BCUT2D eigenvalue weighted by molar-refractivity contribution is 8.14. The van der Waals surface area contributed by atoms with Gasteiger partial charge in [-0.15, -0.1) is 0 Å². The number of rotatable bonds is 2. The van der Waals surface area contributed by atoms with E-state index in [1.807, 2.05) is 36.4 Å². The van der Waals surface area contributed by atoms with Crippen molar-refractivity contribution in [2.24, 2.45) is 0 Å². The molecule has 0 radical (unpaired) electrons. The van der Waals surface area contributed by atoms with Crippen LogP contribution < -0.4 is 0 Å². The van der Waals surface area contributed by atoms with Gasteiger partial charge in [-0.1, -0.05) is 66.4 Å². The van der Waals surface area contributed by atoms with Crippen molar-refractivity contribution < 1.29 is 4.79 Å². The summed E-state index contributed by atoms with van der Waals surface area (Å²) < 4.78 is 0. The van der Waals surface area contributed by atoms with Crippen molar-refractivity contribution in [2.75, 3.05) is 0 Å². The fraction of sp³-hybridized carbons (Fsp3) is 0.133. The number of hydrogen-bond donors (Lipinski definition) is 0. The second kappa shape index (κ2) is 4.38. The van der Waals surface area contributed by atoms with Gasteiger partial charge in [0, 0.05) is 10.8 Å². The molecular formula is C15H12OS. The topological polar surface area (TPSA) is 17.1 Å². The van der Waals surface area contributed by atoms with Crippen LogP contribution in [0.15, 0.2) is 54.6 Å². The van der Waals surface area contributed by atoms with Crippen LogP contribution in [0.1, 0.15) is 26.7 Å². The molecule has 1 aliphatic heterocycles. The van der Waals surface area contributed by atoms with Gasteiger partial charge in [0.1, 0.15) is 0 Å². The average Bonchev–Trinajstić information content (AvgIpc) is 2.69. The molecule has 1 nitrogen and oxygen atoms in total. The van der Waals surface area contributed by atoms with E-state index in [9.17, 15) is 4.79 Å². The lowest BCUT2D eigenvalue weighted by Crippen LogP contribution is -1.95. The molecule has 2 aromatic rings. The van der Waals surface area contributed by atoms with Crippen molar-refractivity contribution in [1.29, 1.82) is 0 Å². The summed E-state index contributed by atoms with van der Waals surface area (Å²) in [5.41, 5.74) is 3.36. The lowest BCUT2D eigenvalue weighted by Gasteiger charge is -2.09. The molecule has 2 aromatic carbocycles. The molecule has 0 saturated carbocycles. The van der Waals surface area contributed by atoms with Crippen LogP contribution in [0.5, 0.6) is 0 Å². The molecule has 1 aliphatic rings. The van der Waals surface area contributed by atoms with Crippen molar-refractivity contribution in [3.8, 4) is 0 Å². The largest absolute Gasteiger partial charge is 0.282 e. The van der Waals surface area contributed by atoms with E-state index in [1.54, 1.807) is 0 Å². The molecule has 3 rings (SSSR count). The highest BCUT2D eigenvalue weighted by Crippen LogP contribution is 2.43. The minimum absolute atomic E-state index is 0.210. The Labute approximate surface area is 105 Å². The Kier molecular flexibility index (Phi) is 2.73. The van der Waals surface area contributed by atoms with E-state index < -0.39 is 0 Å².